The zero-order valence-electron chi connectivity index (χ0n) is 20.4. The lowest BCUT2D eigenvalue weighted by atomic mass is 10.1. The number of aliphatic hydroxyl groups is 1. The number of alkyl halides is 6. The number of halogens is 8. The molecule has 0 aliphatic heterocycles. The smallest absolute Gasteiger partial charge is 0.373 e. The van der Waals surface area contributed by atoms with Gasteiger partial charge in [0.2, 0.25) is 11.5 Å². The second kappa shape index (κ2) is 13.3. The minimum atomic E-state index is -5.22. The molecule has 0 fully saturated rings. The first-order valence-electron chi connectivity index (χ1n) is 10.7. The van der Waals surface area contributed by atoms with Gasteiger partial charge in [-0.1, -0.05) is 23.4 Å². The summed E-state index contributed by atoms with van der Waals surface area (Å²) in [7, 11) is 0. The van der Waals surface area contributed by atoms with E-state index in [2.05, 4.69) is 11.1 Å². The second-order valence-electron chi connectivity index (χ2n) is 7.91. The van der Waals surface area contributed by atoms with Gasteiger partial charge >= 0.3 is 12.4 Å². The maximum atomic E-state index is 14.6. The third-order valence-electron chi connectivity index (χ3n) is 4.89. The molecule has 1 unspecified atom stereocenters. The second-order valence-corrected chi connectivity index (χ2v) is 9.41. The topological polar surface area (TPSA) is 122 Å². The third-order valence-corrected chi connectivity index (χ3v) is 6.30. The molecular formula is C23H23ClF7N3O4S. The van der Waals surface area contributed by atoms with E-state index in [1.54, 1.807) is 36.5 Å². The van der Waals surface area contributed by atoms with Crippen molar-refractivity contribution in [3.8, 4) is 0 Å². The molecule has 7 nitrogen and oxygen atoms in total. The Morgan fingerprint density at radius 1 is 1.05 bits per heavy atom. The van der Waals surface area contributed by atoms with E-state index in [1.807, 2.05) is 0 Å². The van der Waals surface area contributed by atoms with Crippen LogP contribution in [0, 0.1) is 11.7 Å². The van der Waals surface area contributed by atoms with Crippen LogP contribution in [0.2, 0.25) is 5.02 Å². The Labute approximate surface area is 227 Å². The number of anilines is 1. The molecule has 5 N–H and O–H groups in total. The highest BCUT2D eigenvalue weighted by atomic mass is 35.5. The molecule has 0 aliphatic rings. The molecule has 216 valence electrons. The number of amides is 3. The van der Waals surface area contributed by atoms with Gasteiger partial charge in [-0.2, -0.15) is 26.3 Å². The van der Waals surface area contributed by atoms with Gasteiger partial charge < -0.3 is 21.5 Å². The number of rotatable bonds is 7. The van der Waals surface area contributed by atoms with Gasteiger partial charge in [0.05, 0.1) is 5.69 Å². The predicted octanol–water partition coefficient (Wildman–Crippen LogP) is 5.30. The largest absolute Gasteiger partial charge is 0.426 e. The van der Waals surface area contributed by atoms with Crippen molar-refractivity contribution in [2.24, 2.45) is 11.7 Å². The lowest BCUT2D eigenvalue weighted by Crippen LogP contribution is -2.52. The van der Waals surface area contributed by atoms with E-state index < -0.39 is 52.2 Å². The van der Waals surface area contributed by atoms with Gasteiger partial charge in [-0.25, -0.2) is 4.39 Å². The van der Waals surface area contributed by atoms with E-state index in [0.29, 0.717) is 17.0 Å². The molecule has 0 spiro atoms. The summed E-state index contributed by atoms with van der Waals surface area (Å²) in [6.45, 7) is 3.26. The van der Waals surface area contributed by atoms with Gasteiger partial charge in [0, 0.05) is 21.9 Å². The van der Waals surface area contributed by atoms with Crippen LogP contribution >= 0.6 is 23.4 Å². The van der Waals surface area contributed by atoms with Crippen LogP contribution in [-0.2, 0) is 9.59 Å². The van der Waals surface area contributed by atoms with Crippen molar-refractivity contribution in [1.29, 1.82) is 0 Å². The molecule has 0 aliphatic carbocycles. The lowest BCUT2D eigenvalue weighted by Gasteiger charge is -2.25. The number of hydrogen-bond donors (Lipinski definition) is 4. The Hall–Kier alpha value is -3.04. The molecule has 3 amide bonds. The number of benzene rings is 2. The first-order chi connectivity index (χ1) is 17.7. The van der Waals surface area contributed by atoms with Crippen molar-refractivity contribution in [2.75, 3.05) is 11.9 Å². The van der Waals surface area contributed by atoms with Crippen LogP contribution in [-0.4, -0.2) is 47.3 Å². The quantitative estimate of drug-likeness (QED) is 0.319. The summed E-state index contributed by atoms with van der Waals surface area (Å²) >= 11 is 6.82. The van der Waals surface area contributed by atoms with Crippen molar-refractivity contribution < 1.29 is 50.2 Å². The highest BCUT2D eigenvalue weighted by Gasteiger charge is 2.55. The monoisotopic (exact) mass is 605 g/mol. The Morgan fingerprint density at radius 2 is 1.59 bits per heavy atom. The highest BCUT2D eigenvalue weighted by Crippen LogP contribution is 2.37. The summed E-state index contributed by atoms with van der Waals surface area (Å²) in [5.74, 6) is -6.39. The zero-order valence-corrected chi connectivity index (χ0v) is 22.0. The van der Waals surface area contributed by atoms with Crippen LogP contribution in [0.15, 0.2) is 46.2 Å². The fourth-order valence-electron chi connectivity index (χ4n) is 2.31. The van der Waals surface area contributed by atoms with Crippen LogP contribution in [0.3, 0.4) is 0 Å². The van der Waals surface area contributed by atoms with E-state index in [4.69, 9.17) is 11.6 Å². The number of primary amides is 1. The van der Waals surface area contributed by atoms with Crippen LogP contribution in [0.1, 0.15) is 31.1 Å². The SMILES string of the molecule is CC(C(N)=O)C(F)(F)F.CCNC(=O)c1ccc(Sc2ccc(NC(=O)[C@@](C)(O)C(F)(F)F)c(Cl)c2F)cc1. The van der Waals surface area contributed by atoms with Crippen molar-refractivity contribution in [3.05, 3.63) is 52.8 Å². The number of hydrogen-bond acceptors (Lipinski definition) is 5. The van der Waals surface area contributed by atoms with Crippen molar-refractivity contribution in [1.82, 2.24) is 5.32 Å². The average Bonchev–Trinajstić information content (AvgIpc) is 2.82. The van der Waals surface area contributed by atoms with Gasteiger partial charge in [0.1, 0.15) is 10.9 Å². The van der Waals surface area contributed by atoms with Crippen LogP contribution in [0.25, 0.3) is 0 Å². The summed E-state index contributed by atoms with van der Waals surface area (Å²) in [6, 6.07) is 8.65. The van der Waals surface area contributed by atoms with Crippen LogP contribution < -0.4 is 16.4 Å². The van der Waals surface area contributed by atoms with Crippen LogP contribution in [0.4, 0.5) is 36.4 Å². The Morgan fingerprint density at radius 3 is 2.00 bits per heavy atom. The number of nitrogens with one attached hydrogen (secondary N) is 2. The normalized spacial score (nSPS) is 13.8. The molecule has 0 aromatic heterocycles. The fourth-order valence-corrected chi connectivity index (χ4v) is 3.43. The van der Waals surface area contributed by atoms with Gasteiger partial charge in [0.15, 0.2) is 5.82 Å². The van der Waals surface area contributed by atoms with E-state index in [-0.39, 0.29) is 17.7 Å². The summed E-state index contributed by atoms with van der Waals surface area (Å²) in [5.41, 5.74) is 0.697. The molecule has 2 aromatic carbocycles. The lowest BCUT2D eigenvalue weighted by molar-refractivity contribution is -0.242. The zero-order chi connectivity index (χ0) is 30.3. The number of carbonyl (C=O) groups is 3. The van der Waals surface area contributed by atoms with E-state index >= 15 is 0 Å². The summed E-state index contributed by atoms with van der Waals surface area (Å²) in [5, 5.41) is 13.2. The van der Waals surface area contributed by atoms with E-state index in [9.17, 15) is 50.2 Å². The predicted molar refractivity (Wildman–Crippen MR) is 130 cm³/mol. The van der Waals surface area contributed by atoms with E-state index in [1.165, 1.54) is 6.07 Å². The molecule has 2 aromatic rings. The molecule has 0 saturated heterocycles. The minimum Gasteiger partial charge on any atom is -0.373 e. The van der Waals surface area contributed by atoms with Gasteiger partial charge in [-0.3, -0.25) is 14.4 Å². The van der Waals surface area contributed by atoms with Crippen molar-refractivity contribution in [3.63, 3.8) is 0 Å². The molecule has 2 rings (SSSR count). The van der Waals surface area contributed by atoms with Gasteiger partial charge in [-0.05, 0) is 57.2 Å². The van der Waals surface area contributed by atoms with Crippen LogP contribution in [0.5, 0.6) is 0 Å². The first-order valence-corrected chi connectivity index (χ1v) is 11.9. The highest BCUT2D eigenvalue weighted by molar-refractivity contribution is 7.99. The minimum absolute atomic E-state index is 0.0475. The van der Waals surface area contributed by atoms with Crippen molar-refractivity contribution in [2.45, 2.75) is 48.5 Å². The molecule has 0 heterocycles. The maximum Gasteiger partial charge on any atom is 0.426 e. The molecule has 0 bridgehead atoms. The molecule has 0 radical (unpaired) electrons. The Kier molecular flexibility index (Phi) is 11.6. The Bertz CT molecular complexity index is 1190. The Balaban J connectivity index is 0.000000724. The number of carbonyl (C=O) groups excluding carboxylic acids is 3. The third kappa shape index (κ3) is 9.28. The van der Waals surface area contributed by atoms with Gasteiger partial charge in [0.25, 0.3) is 11.8 Å². The molecule has 0 saturated carbocycles. The van der Waals surface area contributed by atoms with Gasteiger partial charge in [-0.15, -0.1) is 0 Å². The van der Waals surface area contributed by atoms with Crippen molar-refractivity contribution >= 4 is 46.8 Å². The molecule has 2 atom stereocenters. The fraction of sp³-hybridized carbons (Fsp3) is 0.348. The summed E-state index contributed by atoms with van der Waals surface area (Å²) < 4.78 is 87.0. The average molecular weight is 606 g/mol. The maximum absolute atomic E-state index is 14.6. The summed E-state index contributed by atoms with van der Waals surface area (Å²) in [4.78, 5) is 34.0. The first kappa shape index (κ1) is 34.0. The van der Waals surface area contributed by atoms with E-state index in [0.717, 1.165) is 24.8 Å². The molecule has 39 heavy (non-hydrogen) atoms. The number of nitrogens with two attached hydrogens (primary N) is 1. The molecular weight excluding hydrogens is 583 g/mol. The standard InChI is InChI=1S/C19H17ClF4N2O3S.C4H6F3NO/c1-3-25-16(27)10-4-6-11(7-5-10)30-13-9-8-12(14(20)15(13)21)26-17(28)18(2,29)19(22,23)24;1-2(3(8)9)4(5,6)7/h4-9,29H,3H2,1-2H3,(H,25,27)(H,26,28);2H,1H3,(H2,8,9)/t18-;/m1./s1. The molecule has 16 heteroatoms. The summed E-state index contributed by atoms with van der Waals surface area (Å²) in [6.07, 6.45) is -9.72.